The molecule has 1 aromatic carbocycles. The van der Waals surface area contributed by atoms with Gasteiger partial charge in [0.2, 0.25) is 5.95 Å². The molecule has 0 spiro atoms. The van der Waals surface area contributed by atoms with Crippen LogP contribution in [0.15, 0.2) is 24.3 Å². The smallest absolute Gasteiger partial charge is 0.433 e. The van der Waals surface area contributed by atoms with Gasteiger partial charge in [-0.2, -0.15) is 18.2 Å². The van der Waals surface area contributed by atoms with Crippen LogP contribution in [-0.4, -0.2) is 44.3 Å². The van der Waals surface area contributed by atoms with Crippen LogP contribution in [-0.2, 0) is 12.7 Å². The van der Waals surface area contributed by atoms with Gasteiger partial charge in [-0.15, -0.1) is 0 Å². The third kappa shape index (κ3) is 3.76. The van der Waals surface area contributed by atoms with E-state index in [1.807, 2.05) is 6.07 Å². The van der Waals surface area contributed by atoms with Crippen LogP contribution >= 0.6 is 0 Å². The number of methoxy groups -OCH3 is 1. The molecule has 0 aliphatic carbocycles. The summed E-state index contributed by atoms with van der Waals surface area (Å²) in [4.78, 5) is 11.2. The Morgan fingerprint density at radius 1 is 1.19 bits per heavy atom. The third-order valence-electron chi connectivity index (χ3n) is 3.99. The number of ether oxygens (including phenoxy) is 2. The van der Waals surface area contributed by atoms with Crippen molar-refractivity contribution in [2.75, 3.05) is 44.2 Å². The second kappa shape index (κ2) is 6.89. The Bertz CT molecular complexity index is 796. The van der Waals surface area contributed by atoms with Crippen LogP contribution in [0.1, 0.15) is 11.3 Å². The average molecular weight is 368 g/mol. The van der Waals surface area contributed by atoms with Crippen molar-refractivity contribution in [3.05, 3.63) is 35.5 Å². The van der Waals surface area contributed by atoms with Gasteiger partial charge in [-0.1, -0.05) is 0 Å². The Morgan fingerprint density at radius 2 is 1.96 bits per heavy atom. The maximum Gasteiger partial charge on any atom is 0.433 e. The molecular formula is C17H19F3N4O2. The number of halogens is 3. The summed E-state index contributed by atoms with van der Waals surface area (Å²) in [5.41, 5.74) is -0.137. The zero-order chi connectivity index (χ0) is 18.9. The van der Waals surface area contributed by atoms with Crippen molar-refractivity contribution in [2.45, 2.75) is 12.7 Å². The van der Waals surface area contributed by atoms with E-state index in [9.17, 15) is 13.2 Å². The van der Waals surface area contributed by atoms with E-state index in [4.69, 9.17) is 9.47 Å². The molecule has 0 atom stereocenters. The molecular weight excluding hydrogens is 349 g/mol. The molecule has 26 heavy (non-hydrogen) atoms. The highest BCUT2D eigenvalue weighted by Gasteiger charge is 2.34. The Labute approximate surface area is 149 Å². The number of rotatable bonds is 3. The summed E-state index contributed by atoms with van der Waals surface area (Å²) in [5, 5.41) is 0. The topological polar surface area (TPSA) is 50.7 Å². The number of anilines is 2. The lowest BCUT2D eigenvalue weighted by Gasteiger charge is -2.23. The molecule has 2 aromatic rings. The molecule has 0 N–H and O–H groups in total. The van der Waals surface area contributed by atoms with Crippen molar-refractivity contribution in [2.24, 2.45) is 0 Å². The highest BCUT2D eigenvalue weighted by atomic mass is 19.4. The van der Waals surface area contributed by atoms with Gasteiger partial charge in [-0.05, 0) is 12.1 Å². The molecule has 6 nitrogen and oxygen atoms in total. The molecule has 0 bridgehead atoms. The number of aromatic nitrogens is 2. The van der Waals surface area contributed by atoms with Gasteiger partial charge in [0.1, 0.15) is 23.9 Å². The van der Waals surface area contributed by atoms with Crippen LogP contribution < -0.4 is 19.3 Å². The lowest BCUT2D eigenvalue weighted by molar-refractivity contribution is -0.141. The van der Waals surface area contributed by atoms with Crippen LogP contribution in [0.25, 0.3) is 0 Å². The minimum absolute atomic E-state index is 0.0239. The standard InChI is InChI=1S/C17H19F3N4O2/c1-23(2)15-9-14(17(18,19)20)21-16(22-15)24-6-7-26-13-8-12(25-3)5-4-11(13)10-24/h4-5,8-9H,6-7,10H2,1-3H3. The van der Waals surface area contributed by atoms with E-state index >= 15 is 0 Å². The highest BCUT2D eigenvalue weighted by Crippen LogP contribution is 2.33. The second-order valence-electron chi connectivity index (χ2n) is 6.05. The van der Waals surface area contributed by atoms with Crippen molar-refractivity contribution in [1.29, 1.82) is 0 Å². The molecule has 0 saturated carbocycles. The molecule has 1 aliphatic heterocycles. The van der Waals surface area contributed by atoms with Crippen molar-refractivity contribution < 1.29 is 22.6 Å². The Hall–Kier alpha value is -2.71. The summed E-state index contributed by atoms with van der Waals surface area (Å²) in [6.45, 7) is 1.01. The average Bonchev–Trinajstić information content (AvgIpc) is 2.82. The molecule has 9 heteroatoms. The van der Waals surface area contributed by atoms with E-state index < -0.39 is 11.9 Å². The second-order valence-corrected chi connectivity index (χ2v) is 6.05. The summed E-state index contributed by atoms with van der Waals surface area (Å²) >= 11 is 0. The monoisotopic (exact) mass is 368 g/mol. The number of hydrogen-bond acceptors (Lipinski definition) is 6. The maximum absolute atomic E-state index is 13.2. The molecule has 0 radical (unpaired) electrons. The Kier molecular flexibility index (Phi) is 4.80. The molecule has 0 amide bonds. The molecule has 0 fully saturated rings. The summed E-state index contributed by atoms with van der Waals surface area (Å²) in [5.74, 6) is 1.52. The predicted octanol–water partition coefficient (Wildman–Crippen LogP) is 2.97. The zero-order valence-corrected chi connectivity index (χ0v) is 14.7. The number of fused-ring (bicyclic) bond motifs is 1. The van der Waals surface area contributed by atoms with E-state index in [-0.39, 0.29) is 11.8 Å². The van der Waals surface area contributed by atoms with Crippen LogP contribution in [0.2, 0.25) is 0 Å². The van der Waals surface area contributed by atoms with Gasteiger partial charge >= 0.3 is 6.18 Å². The minimum Gasteiger partial charge on any atom is -0.497 e. The zero-order valence-electron chi connectivity index (χ0n) is 14.7. The number of nitrogens with zero attached hydrogens (tertiary/aromatic N) is 4. The predicted molar refractivity (Wildman–Crippen MR) is 90.9 cm³/mol. The van der Waals surface area contributed by atoms with Crippen LogP contribution in [0.4, 0.5) is 24.9 Å². The molecule has 1 aromatic heterocycles. The van der Waals surface area contributed by atoms with E-state index in [0.29, 0.717) is 31.2 Å². The Balaban J connectivity index is 1.98. The fourth-order valence-electron chi connectivity index (χ4n) is 2.59. The third-order valence-corrected chi connectivity index (χ3v) is 3.99. The van der Waals surface area contributed by atoms with Gasteiger partial charge in [0, 0.05) is 38.3 Å². The largest absolute Gasteiger partial charge is 0.497 e. The Morgan fingerprint density at radius 3 is 2.62 bits per heavy atom. The summed E-state index contributed by atoms with van der Waals surface area (Å²) < 4.78 is 50.5. The van der Waals surface area contributed by atoms with Gasteiger partial charge in [0.25, 0.3) is 0 Å². The lowest BCUT2D eigenvalue weighted by Crippen LogP contribution is -2.29. The van der Waals surface area contributed by atoms with Gasteiger partial charge in [-0.25, -0.2) is 4.98 Å². The summed E-state index contributed by atoms with van der Waals surface area (Å²) in [6, 6.07) is 6.31. The lowest BCUT2D eigenvalue weighted by atomic mass is 10.2. The molecule has 0 unspecified atom stereocenters. The fourth-order valence-corrected chi connectivity index (χ4v) is 2.59. The van der Waals surface area contributed by atoms with Crippen molar-refractivity contribution >= 4 is 11.8 Å². The highest BCUT2D eigenvalue weighted by molar-refractivity contribution is 5.48. The molecule has 2 heterocycles. The van der Waals surface area contributed by atoms with Crippen LogP contribution in [0, 0.1) is 0 Å². The van der Waals surface area contributed by atoms with Crippen molar-refractivity contribution in [3.63, 3.8) is 0 Å². The minimum atomic E-state index is -4.55. The van der Waals surface area contributed by atoms with E-state index in [0.717, 1.165) is 11.6 Å². The first-order chi connectivity index (χ1) is 12.3. The quantitative estimate of drug-likeness (QED) is 0.830. The SMILES string of the molecule is COc1ccc2c(c1)OCCN(c1nc(N(C)C)cc(C(F)(F)F)n1)C2. The van der Waals surface area contributed by atoms with Gasteiger partial charge in [0.15, 0.2) is 5.69 Å². The van der Waals surface area contributed by atoms with Crippen LogP contribution in [0.3, 0.4) is 0 Å². The molecule has 0 saturated heterocycles. The molecule has 3 rings (SSSR count). The number of alkyl halides is 3. The first-order valence-electron chi connectivity index (χ1n) is 7.96. The first-order valence-corrected chi connectivity index (χ1v) is 7.96. The van der Waals surface area contributed by atoms with E-state index in [1.165, 1.54) is 4.90 Å². The maximum atomic E-state index is 13.2. The van der Waals surface area contributed by atoms with Gasteiger partial charge in [0.05, 0.1) is 13.7 Å². The van der Waals surface area contributed by atoms with Gasteiger partial charge in [-0.3, -0.25) is 0 Å². The number of hydrogen-bond donors (Lipinski definition) is 0. The van der Waals surface area contributed by atoms with E-state index in [2.05, 4.69) is 9.97 Å². The summed E-state index contributed by atoms with van der Waals surface area (Å²) in [7, 11) is 4.84. The molecule has 140 valence electrons. The normalized spacial score (nSPS) is 14.3. The van der Waals surface area contributed by atoms with E-state index in [1.54, 1.807) is 38.2 Å². The summed E-state index contributed by atoms with van der Waals surface area (Å²) in [6.07, 6.45) is -4.55. The first kappa shape index (κ1) is 18.1. The van der Waals surface area contributed by atoms with Crippen molar-refractivity contribution in [1.82, 2.24) is 9.97 Å². The van der Waals surface area contributed by atoms with Crippen molar-refractivity contribution in [3.8, 4) is 11.5 Å². The van der Waals surface area contributed by atoms with Gasteiger partial charge < -0.3 is 19.3 Å². The van der Waals surface area contributed by atoms with Crippen LogP contribution in [0.5, 0.6) is 11.5 Å². The molecule has 1 aliphatic rings. The fraction of sp³-hybridized carbons (Fsp3) is 0.412. The number of benzene rings is 1.